The molecule has 0 spiro atoms. The summed E-state index contributed by atoms with van der Waals surface area (Å²) in [5.41, 5.74) is 4.82. The van der Waals surface area contributed by atoms with Gasteiger partial charge in [0, 0.05) is 30.4 Å². The molecule has 0 saturated carbocycles. The molecule has 8 heteroatoms. The van der Waals surface area contributed by atoms with E-state index in [-0.39, 0.29) is 17.5 Å². The zero-order valence-electron chi connectivity index (χ0n) is 21.3. The maximum atomic E-state index is 12.9. The van der Waals surface area contributed by atoms with Gasteiger partial charge in [0.2, 0.25) is 0 Å². The Morgan fingerprint density at radius 3 is 2.34 bits per heavy atom. The number of hydrogen-bond donors (Lipinski definition) is 1. The van der Waals surface area contributed by atoms with Gasteiger partial charge >= 0.3 is 5.97 Å². The summed E-state index contributed by atoms with van der Waals surface area (Å²) in [6.07, 6.45) is 3.10. The van der Waals surface area contributed by atoms with E-state index in [1.807, 2.05) is 60.4 Å². The number of hydrogen-bond acceptors (Lipinski definition) is 6. The number of esters is 1. The van der Waals surface area contributed by atoms with Crippen molar-refractivity contribution in [2.75, 3.05) is 25.5 Å². The minimum Gasteiger partial charge on any atom is -0.464 e. The lowest BCUT2D eigenvalue weighted by Gasteiger charge is -2.32. The average Bonchev–Trinajstić information content (AvgIpc) is 2.96. The van der Waals surface area contributed by atoms with E-state index in [2.05, 4.69) is 20.0 Å². The predicted molar refractivity (Wildman–Crippen MR) is 144 cm³/mol. The SMILES string of the molecule is COC(=O)c1ccc(C(=O)N2CCC(c3ccc(NC(=O)c4ccc5cc(C)ccc5n4)cc3)CC2)cn1. The first-order chi connectivity index (χ1) is 18.4. The molecule has 192 valence electrons. The van der Waals surface area contributed by atoms with Crippen molar-refractivity contribution in [2.45, 2.75) is 25.7 Å². The van der Waals surface area contributed by atoms with Crippen LogP contribution in [0.1, 0.15) is 61.2 Å². The smallest absolute Gasteiger partial charge is 0.356 e. The van der Waals surface area contributed by atoms with Crippen LogP contribution < -0.4 is 5.32 Å². The van der Waals surface area contributed by atoms with Gasteiger partial charge in [0.15, 0.2) is 0 Å². The molecule has 1 fully saturated rings. The number of anilines is 1. The van der Waals surface area contributed by atoms with Crippen molar-refractivity contribution >= 4 is 34.4 Å². The summed E-state index contributed by atoms with van der Waals surface area (Å²) in [6, 6.07) is 20.6. The second-order valence-corrected chi connectivity index (χ2v) is 9.46. The number of carbonyl (C=O) groups is 3. The standard InChI is InChI=1S/C30H28N4O4/c1-19-3-10-25-22(17-19)6-11-26(33-25)28(35)32-24-8-4-20(5-9-24)21-13-15-34(16-14-21)29(36)23-7-12-27(31-18-23)30(37)38-2/h3-12,17-18,21H,13-16H2,1-2H3,(H,32,35). The third-order valence-electron chi connectivity index (χ3n) is 6.90. The van der Waals surface area contributed by atoms with E-state index in [0.717, 1.165) is 29.3 Å². The average molecular weight is 509 g/mol. The van der Waals surface area contributed by atoms with Crippen molar-refractivity contribution in [2.24, 2.45) is 0 Å². The molecule has 2 amide bonds. The van der Waals surface area contributed by atoms with Crippen LogP contribution in [0.5, 0.6) is 0 Å². The molecular weight excluding hydrogens is 480 g/mol. The molecule has 1 aliphatic rings. The first-order valence-corrected chi connectivity index (χ1v) is 12.5. The van der Waals surface area contributed by atoms with Crippen molar-refractivity contribution in [3.8, 4) is 0 Å². The number of aromatic nitrogens is 2. The number of nitrogens with zero attached hydrogens (tertiary/aromatic N) is 3. The second-order valence-electron chi connectivity index (χ2n) is 9.46. The highest BCUT2D eigenvalue weighted by atomic mass is 16.5. The summed E-state index contributed by atoms with van der Waals surface area (Å²) in [6.45, 7) is 3.29. The number of pyridine rings is 2. The lowest BCUT2D eigenvalue weighted by molar-refractivity contribution is 0.0592. The lowest BCUT2D eigenvalue weighted by atomic mass is 9.89. The summed E-state index contributed by atoms with van der Waals surface area (Å²) < 4.78 is 4.65. The Morgan fingerprint density at radius 2 is 1.66 bits per heavy atom. The van der Waals surface area contributed by atoms with Gasteiger partial charge in [0.05, 0.1) is 18.2 Å². The van der Waals surface area contributed by atoms with Crippen molar-refractivity contribution in [3.05, 3.63) is 101 Å². The van der Waals surface area contributed by atoms with Crippen LogP contribution in [0.15, 0.2) is 72.9 Å². The largest absolute Gasteiger partial charge is 0.464 e. The first-order valence-electron chi connectivity index (χ1n) is 12.5. The van der Waals surface area contributed by atoms with Crippen molar-refractivity contribution in [1.29, 1.82) is 0 Å². The predicted octanol–water partition coefficient (Wildman–Crippen LogP) is 5.00. The summed E-state index contributed by atoms with van der Waals surface area (Å²) in [4.78, 5) is 47.5. The summed E-state index contributed by atoms with van der Waals surface area (Å²) >= 11 is 0. The number of benzene rings is 2. The Balaban J connectivity index is 1.16. The van der Waals surface area contributed by atoms with Crippen molar-refractivity contribution < 1.29 is 19.1 Å². The molecule has 2 aromatic heterocycles. The molecule has 8 nitrogen and oxygen atoms in total. The van der Waals surface area contributed by atoms with E-state index in [0.29, 0.717) is 36.0 Å². The topological polar surface area (TPSA) is 101 Å². The number of carbonyl (C=O) groups excluding carboxylic acids is 3. The van der Waals surface area contributed by atoms with Gasteiger partial charge in [-0.15, -0.1) is 0 Å². The molecule has 1 saturated heterocycles. The number of nitrogens with one attached hydrogen (secondary N) is 1. The van der Waals surface area contributed by atoms with Gasteiger partial charge < -0.3 is 15.0 Å². The number of amides is 2. The van der Waals surface area contributed by atoms with Crippen LogP contribution in [0.25, 0.3) is 10.9 Å². The minimum atomic E-state index is -0.532. The highest BCUT2D eigenvalue weighted by Gasteiger charge is 2.25. The molecule has 5 rings (SSSR count). The lowest BCUT2D eigenvalue weighted by Crippen LogP contribution is -2.38. The van der Waals surface area contributed by atoms with E-state index in [9.17, 15) is 14.4 Å². The Morgan fingerprint density at radius 1 is 0.921 bits per heavy atom. The molecule has 2 aromatic carbocycles. The quantitative estimate of drug-likeness (QED) is 0.381. The fraction of sp³-hybridized carbons (Fsp3) is 0.233. The van der Waals surface area contributed by atoms with Crippen LogP contribution in [0.2, 0.25) is 0 Å². The second kappa shape index (κ2) is 10.8. The third kappa shape index (κ3) is 5.39. The van der Waals surface area contributed by atoms with Crippen LogP contribution in [0.3, 0.4) is 0 Å². The van der Waals surface area contributed by atoms with E-state index < -0.39 is 5.97 Å². The molecule has 3 heterocycles. The maximum Gasteiger partial charge on any atom is 0.356 e. The molecule has 0 atom stereocenters. The Kier molecular flexibility index (Phi) is 7.13. The zero-order chi connectivity index (χ0) is 26.6. The van der Waals surface area contributed by atoms with Gasteiger partial charge in [-0.3, -0.25) is 9.59 Å². The summed E-state index contributed by atoms with van der Waals surface area (Å²) in [5, 5.41) is 3.94. The van der Waals surface area contributed by atoms with Crippen LogP contribution in [-0.2, 0) is 4.74 Å². The number of aryl methyl sites for hydroxylation is 1. The van der Waals surface area contributed by atoms with Gasteiger partial charge in [-0.2, -0.15) is 0 Å². The molecule has 0 unspecified atom stereocenters. The number of rotatable bonds is 5. The van der Waals surface area contributed by atoms with E-state index >= 15 is 0 Å². The highest BCUT2D eigenvalue weighted by Crippen LogP contribution is 2.29. The molecule has 0 radical (unpaired) electrons. The van der Waals surface area contributed by atoms with Crippen LogP contribution in [0.4, 0.5) is 5.69 Å². The van der Waals surface area contributed by atoms with Crippen molar-refractivity contribution in [1.82, 2.24) is 14.9 Å². The normalized spacial score (nSPS) is 13.8. The van der Waals surface area contributed by atoms with Gasteiger partial charge in [-0.1, -0.05) is 29.8 Å². The fourth-order valence-electron chi connectivity index (χ4n) is 4.75. The van der Waals surface area contributed by atoms with E-state index in [1.54, 1.807) is 12.1 Å². The molecule has 38 heavy (non-hydrogen) atoms. The number of methoxy groups -OCH3 is 1. The van der Waals surface area contributed by atoms with Gasteiger partial charge in [0.25, 0.3) is 11.8 Å². The molecule has 4 aromatic rings. The Labute approximate surface area is 220 Å². The van der Waals surface area contributed by atoms with Gasteiger partial charge in [-0.05, 0) is 73.7 Å². The Bertz CT molecular complexity index is 1490. The summed E-state index contributed by atoms with van der Waals surface area (Å²) in [5.74, 6) is -0.547. The molecule has 1 N–H and O–H groups in total. The first kappa shape index (κ1) is 25.1. The monoisotopic (exact) mass is 508 g/mol. The number of likely N-dealkylation sites (tertiary alicyclic amines) is 1. The van der Waals surface area contributed by atoms with E-state index in [4.69, 9.17) is 0 Å². The molecule has 0 aliphatic carbocycles. The number of ether oxygens (including phenoxy) is 1. The summed E-state index contributed by atoms with van der Waals surface area (Å²) in [7, 11) is 1.29. The van der Waals surface area contributed by atoms with Crippen LogP contribution in [-0.4, -0.2) is 52.9 Å². The highest BCUT2D eigenvalue weighted by molar-refractivity contribution is 6.04. The maximum absolute atomic E-state index is 12.9. The van der Waals surface area contributed by atoms with Gasteiger partial charge in [0.1, 0.15) is 11.4 Å². The van der Waals surface area contributed by atoms with E-state index in [1.165, 1.54) is 24.9 Å². The van der Waals surface area contributed by atoms with Crippen LogP contribution in [0, 0.1) is 6.92 Å². The number of piperidine rings is 1. The van der Waals surface area contributed by atoms with Crippen molar-refractivity contribution in [3.63, 3.8) is 0 Å². The Hall–Kier alpha value is -4.59. The molecule has 1 aliphatic heterocycles. The number of fused-ring (bicyclic) bond motifs is 1. The minimum absolute atomic E-state index is 0.0946. The molecular formula is C30H28N4O4. The molecule has 0 bridgehead atoms. The van der Waals surface area contributed by atoms with Crippen LogP contribution >= 0.6 is 0 Å². The zero-order valence-corrected chi connectivity index (χ0v) is 21.3. The third-order valence-corrected chi connectivity index (χ3v) is 6.90. The fourth-order valence-corrected chi connectivity index (χ4v) is 4.75. The van der Waals surface area contributed by atoms with Gasteiger partial charge in [-0.25, -0.2) is 14.8 Å².